The molecule has 0 saturated carbocycles. The van der Waals surface area contributed by atoms with Crippen LogP contribution in [-0.2, 0) is 19.4 Å². The molecule has 6 nitrogen and oxygen atoms in total. The average molecular weight is 293 g/mol. The zero-order chi connectivity index (χ0) is 15.4. The van der Waals surface area contributed by atoms with Gasteiger partial charge in [-0.2, -0.15) is 0 Å². The predicted molar refractivity (Wildman–Crippen MR) is 72.6 cm³/mol. The Balaban J connectivity index is 4.84. The third-order valence-electron chi connectivity index (χ3n) is 3.05. The van der Waals surface area contributed by atoms with Gasteiger partial charge in [0, 0.05) is 0 Å². The van der Waals surface area contributed by atoms with Gasteiger partial charge in [-0.25, -0.2) is 13.2 Å². The number of hydrogen-bond donors (Lipinski definition) is 2. The lowest BCUT2D eigenvalue weighted by Crippen LogP contribution is -2.48. The van der Waals surface area contributed by atoms with Gasteiger partial charge in [0.1, 0.15) is 11.8 Å². The molecule has 2 N–H and O–H groups in total. The van der Waals surface area contributed by atoms with Crippen molar-refractivity contribution in [1.82, 2.24) is 5.32 Å². The number of rotatable bonds is 6. The first kappa shape index (κ1) is 17.9. The Morgan fingerprint density at radius 3 is 2.05 bits per heavy atom. The summed E-state index contributed by atoms with van der Waals surface area (Å²) < 4.78 is 22.6. The summed E-state index contributed by atoms with van der Waals surface area (Å²) in [5, 5.41) is 11.3. The summed E-state index contributed by atoms with van der Waals surface area (Å²) in [5.41, 5.74) is 0. The molecular formula is C12H23NO5S. The summed E-state index contributed by atoms with van der Waals surface area (Å²) in [4.78, 5) is 22.7. The molecular weight excluding hydrogens is 270 g/mol. The molecule has 0 aliphatic carbocycles. The first-order valence-electron chi connectivity index (χ1n) is 6.16. The quantitative estimate of drug-likeness (QED) is 0.755. The first-order valence-corrected chi connectivity index (χ1v) is 7.82. The molecule has 19 heavy (non-hydrogen) atoms. The van der Waals surface area contributed by atoms with E-state index in [-0.39, 0.29) is 5.92 Å². The van der Waals surface area contributed by atoms with E-state index in [1.807, 2.05) is 0 Å². The third kappa shape index (κ3) is 5.18. The number of carbonyl (C=O) groups excluding carboxylic acids is 1. The largest absolute Gasteiger partial charge is 0.480 e. The highest BCUT2D eigenvalue weighted by atomic mass is 32.2. The highest BCUT2D eigenvalue weighted by Gasteiger charge is 2.33. The van der Waals surface area contributed by atoms with E-state index in [2.05, 4.69) is 5.32 Å². The summed E-state index contributed by atoms with van der Waals surface area (Å²) in [6.07, 6.45) is 0.573. The molecule has 0 aliphatic rings. The molecule has 0 fully saturated rings. The van der Waals surface area contributed by atoms with Gasteiger partial charge in [0.05, 0.1) is 4.75 Å². The summed E-state index contributed by atoms with van der Waals surface area (Å²) in [7, 11) is -3.61. The molecule has 112 valence electrons. The van der Waals surface area contributed by atoms with Gasteiger partial charge in [-0.1, -0.05) is 20.3 Å². The summed E-state index contributed by atoms with van der Waals surface area (Å²) in [5.74, 6) is -2.89. The Hall–Kier alpha value is -1.11. The minimum atomic E-state index is -3.61. The maximum Gasteiger partial charge on any atom is 0.326 e. The molecule has 0 aromatic heterocycles. The molecule has 0 spiro atoms. The molecule has 0 saturated heterocycles. The van der Waals surface area contributed by atoms with E-state index in [1.54, 1.807) is 13.8 Å². The van der Waals surface area contributed by atoms with Gasteiger partial charge < -0.3 is 10.4 Å². The van der Waals surface area contributed by atoms with E-state index >= 15 is 0 Å². The number of aliphatic carboxylic acids is 1. The fourth-order valence-corrected chi connectivity index (χ4v) is 2.15. The topological polar surface area (TPSA) is 101 Å². The van der Waals surface area contributed by atoms with Crippen molar-refractivity contribution in [1.29, 1.82) is 0 Å². The molecule has 0 aromatic rings. The van der Waals surface area contributed by atoms with E-state index in [4.69, 9.17) is 5.11 Å². The van der Waals surface area contributed by atoms with Gasteiger partial charge >= 0.3 is 5.97 Å². The van der Waals surface area contributed by atoms with Crippen LogP contribution in [0.2, 0.25) is 0 Å². The number of carboxylic acid groups (broad SMARTS) is 1. The van der Waals surface area contributed by atoms with Gasteiger partial charge in [0.2, 0.25) is 5.91 Å². The number of hydrogen-bond acceptors (Lipinski definition) is 4. The van der Waals surface area contributed by atoms with E-state index in [0.29, 0.717) is 6.42 Å². The van der Waals surface area contributed by atoms with Crippen LogP contribution < -0.4 is 5.32 Å². The molecule has 0 aromatic carbocycles. The summed E-state index contributed by atoms with van der Waals surface area (Å²) in [6, 6.07) is -1.06. The fourth-order valence-electron chi connectivity index (χ4n) is 1.29. The van der Waals surface area contributed by atoms with Gasteiger partial charge in [-0.05, 0) is 26.7 Å². The van der Waals surface area contributed by atoms with Crippen LogP contribution in [0.1, 0.15) is 41.0 Å². The Kier molecular flexibility index (Phi) is 5.99. The van der Waals surface area contributed by atoms with Gasteiger partial charge in [0.15, 0.2) is 9.84 Å². The second kappa shape index (κ2) is 6.36. The van der Waals surface area contributed by atoms with Crippen molar-refractivity contribution in [3.05, 3.63) is 0 Å². The highest BCUT2D eigenvalue weighted by molar-refractivity contribution is 7.93. The van der Waals surface area contributed by atoms with Crippen molar-refractivity contribution in [2.75, 3.05) is 5.75 Å². The number of amides is 1. The third-order valence-corrected chi connectivity index (χ3v) is 5.56. The van der Waals surface area contributed by atoms with Crippen molar-refractivity contribution in [2.45, 2.75) is 51.8 Å². The molecule has 2 atom stereocenters. The average Bonchev–Trinajstić information content (AvgIpc) is 2.22. The molecule has 0 rings (SSSR count). The SMILES string of the molecule is CC[C@H](C)[C@H](NC(=O)CS(=O)(=O)C(C)(C)C)C(=O)O. The van der Waals surface area contributed by atoms with Gasteiger partial charge in [-0.15, -0.1) is 0 Å². The Morgan fingerprint density at radius 2 is 1.74 bits per heavy atom. The Bertz CT molecular complexity index is 436. The fraction of sp³-hybridized carbons (Fsp3) is 0.833. The summed E-state index contributed by atoms with van der Waals surface area (Å²) in [6.45, 7) is 7.99. The molecule has 7 heteroatoms. The van der Waals surface area contributed by atoms with E-state index in [1.165, 1.54) is 20.8 Å². The zero-order valence-electron chi connectivity index (χ0n) is 12.1. The van der Waals surface area contributed by atoms with Crippen molar-refractivity contribution >= 4 is 21.7 Å². The zero-order valence-corrected chi connectivity index (χ0v) is 12.9. The molecule has 0 bridgehead atoms. The number of carboxylic acids is 1. The highest BCUT2D eigenvalue weighted by Crippen LogP contribution is 2.16. The molecule has 0 heterocycles. The van der Waals surface area contributed by atoms with Crippen LogP contribution in [0.4, 0.5) is 0 Å². The van der Waals surface area contributed by atoms with Crippen LogP contribution in [-0.4, -0.2) is 41.9 Å². The van der Waals surface area contributed by atoms with Crippen molar-refractivity contribution < 1.29 is 23.1 Å². The lowest BCUT2D eigenvalue weighted by Gasteiger charge is -2.22. The minimum absolute atomic E-state index is 0.265. The van der Waals surface area contributed by atoms with Crippen molar-refractivity contribution in [3.8, 4) is 0 Å². The Morgan fingerprint density at radius 1 is 1.26 bits per heavy atom. The normalized spacial score (nSPS) is 15.6. The van der Waals surface area contributed by atoms with Crippen molar-refractivity contribution in [3.63, 3.8) is 0 Å². The van der Waals surface area contributed by atoms with Crippen molar-refractivity contribution in [2.24, 2.45) is 5.92 Å². The Labute approximate surface area is 114 Å². The van der Waals surface area contributed by atoms with E-state index in [9.17, 15) is 18.0 Å². The van der Waals surface area contributed by atoms with E-state index < -0.39 is 38.3 Å². The second-order valence-electron chi connectivity index (χ2n) is 5.64. The maximum atomic E-state index is 11.8. The lowest BCUT2D eigenvalue weighted by molar-refractivity contribution is -0.143. The van der Waals surface area contributed by atoms with Crippen LogP contribution in [0.15, 0.2) is 0 Å². The lowest BCUT2D eigenvalue weighted by atomic mass is 9.99. The number of carbonyl (C=O) groups is 2. The molecule has 1 amide bonds. The maximum absolute atomic E-state index is 11.8. The monoisotopic (exact) mass is 293 g/mol. The van der Waals surface area contributed by atoms with Crippen LogP contribution >= 0.6 is 0 Å². The van der Waals surface area contributed by atoms with Gasteiger partial charge in [0.25, 0.3) is 0 Å². The van der Waals surface area contributed by atoms with Crippen LogP contribution in [0.25, 0.3) is 0 Å². The van der Waals surface area contributed by atoms with Crippen LogP contribution in [0, 0.1) is 5.92 Å². The van der Waals surface area contributed by atoms with Crippen LogP contribution in [0.3, 0.4) is 0 Å². The number of sulfone groups is 1. The minimum Gasteiger partial charge on any atom is -0.480 e. The number of nitrogens with one attached hydrogen (secondary N) is 1. The standard InChI is InChI=1S/C12H23NO5S/c1-6-8(2)10(11(15)16)13-9(14)7-19(17,18)12(3,4)5/h8,10H,6-7H2,1-5H3,(H,13,14)(H,15,16)/t8-,10-/m0/s1. The first-order chi connectivity index (χ1) is 8.42. The molecule has 0 unspecified atom stereocenters. The molecule has 0 radical (unpaired) electrons. The second-order valence-corrected chi connectivity index (χ2v) is 8.38. The van der Waals surface area contributed by atoms with Crippen LogP contribution in [0.5, 0.6) is 0 Å². The molecule has 0 aliphatic heterocycles. The summed E-state index contributed by atoms with van der Waals surface area (Å²) >= 11 is 0. The predicted octanol–water partition coefficient (Wildman–Crippen LogP) is 0.815. The van der Waals surface area contributed by atoms with Gasteiger partial charge in [-0.3, -0.25) is 4.79 Å². The smallest absolute Gasteiger partial charge is 0.326 e. The van der Waals surface area contributed by atoms with E-state index in [0.717, 1.165) is 0 Å².